The van der Waals surface area contributed by atoms with Gasteiger partial charge in [-0.1, -0.05) is 12.8 Å². The molecule has 1 aliphatic carbocycles. The van der Waals surface area contributed by atoms with Crippen molar-refractivity contribution < 1.29 is 8.78 Å². The van der Waals surface area contributed by atoms with Crippen LogP contribution >= 0.6 is 0 Å². The summed E-state index contributed by atoms with van der Waals surface area (Å²) in [5.74, 6) is 0.735. The Labute approximate surface area is 93.8 Å². The van der Waals surface area contributed by atoms with Crippen molar-refractivity contribution in [3.05, 3.63) is 12.4 Å². The molecule has 90 valence electrons. The summed E-state index contributed by atoms with van der Waals surface area (Å²) in [5.41, 5.74) is 0.840. The zero-order valence-corrected chi connectivity index (χ0v) is 9.20. The lowest BCUT2D eigenvalue weighted by molar-refractivity contribution is 0.122. The Morgan fingerprint density at radius 3 is 2.88 bits per heavy atom. The van der Waals surface area contributed by atoms with E-state index in [2.05, 4.69) is 10.4 Å². The Balaban J connectivity index is 1.78. The molecule has 0 aliphatic heterocycles. The van der Waals surface area contributed by atoms with Gasteiger partial charge in [-0.25, -0.2) is 8.78 Å². The Kier molecular flexibility index (Phi) is 3.74. The monoisotopic (exact) mass is 229 g/mol. The molecule has 0 bridgehead atoms. The molecule has 3 nitrogen and oxygen atoms in total. The molecule has 0 unspecified atom stereocenters. The highest BCUT2D eigenvalue weighted by molar-refractivity contribution is 5.38. The molecule has 1 N–H and O–H groups in total. The number of nitrogens with zero attached hydrogens (tertiary/aromatic N) is 2. The van der Waals surface area contributed by atoms with Crippen molar-refractivity contribution in [3.8, 4) is 0 Å². The van der Waals surface area contributed by atoms with E-state index >= 15 is 0 Å². The van der Waals surface area contributed by atoms with Gasteiger partial charge in [-0.05, 0) is 18.8 Å². The number of rotatable bonds is 5. The summed E-state index contributed by atoms with van der Waals surface area (Å²) in [7, 11) is 0. The second-order valence-electron chi connectivity index (χ2n) is 4.37. The summed E-state index contributed by atoms with van der Waals surface area (Å²) in [4.78, 5) is 0. The van der Waals surface area contributed by atoms with Gasteiger partial charge in [0.15, 0.2) is 0 Å². The van der Waals surface area contributed by atoms with Crippen molar-refractivity contribution >= 4 is 5.69 Å². The van der Waals surface area contributed by atoms with E-state index in [1.807, 2.05) is 0 Å². The van der Waals surface area contributed by atoms with Crippen LogP contribution in [0.5, 0.6) is 0 Å². The highest BCUT2D eigenvalue weighted by Crippen LogP contribution is 2.24. The molecule has 1 heterocycles. The van der Waals surface area contributed by atoms with Gasteiger partial charge in [0.1, 0.15) is 6.54 Å². The molecule has 0 atom stereocenters. The van der Waals surface area contributed by atoms with Gasteiger partial charge in [0.25, 0.3) is 6.43 Å². The van der Waals surface area contributed by atoms with Gasteiger partial charge in [0, 0.05) is 12.7 Å². The maximum atomic E-state index is 12.1. The van der Waals surface area contributed by atoms with E-state index in [1.165, 1.54) is 30.4 Å². The maximum absolute atomic E-state index is 12.1. The molecule has 5 heteroatoms. The third kappa shape index (κ3) is 3.18. The predicted octanol–water partition coefficient (Wildman–Crippen LogP) is 2.75. The van der Waals surface area contributed by atoms with Crippen LogP contribution in [0.15, 0.2) is 12.4 Å². The number of halogens is 2. The van der Waals surface area contributed by atoms with Crippen LogP contribution in [0.1, 0.15) is 25.7 Å². The van der Waals surface area contributed by atoms with E-state index in [-0.39, 0.29) is 6.54 Å². The lowest BCUT2D eigenvalue weighted by Crippen LogP contribution is -2.10. The Morgan fingerprint density at radius 1 is 1.44 bits per heavy atom. The van der Waals surface area contributed by atoms with Gasteiger partial charge in [0.2, 0.25) is 0 Å². The van der Waals surface area contributed by atoms with Crippen molar-refractivity contribution in [1.82, 2.24) is 9.78 Å². The van der Waals surface area contributed by atoms with E-state index < -0.39 is 6.43 Å². The summed E-state index contributed by atoms with van der Waals surface area (Å²) in [6.45, 7) is 0.603. The molecule has 2 rings (SSSR count). The molecular weight excluding hydrogens is 212 g/mol. The third-order valence-corrected chi connectivity index (χ3v) is 3.03. The minimum atomic E-state index is -2.34. The van der Waals surface area contributed by atoms with Gasteiger partial charge in [-0.15, -0.1) is 0 Å². The van der Waals surface area contributed by atoms with Crippen LogP contribution in [0.3, 0.4) is 0 Å². The van der Waals surface area contributed by atoms with Gasteiger partial charge in [-0.2, -0.15) is 5.10 Å². The van der Waals surface area contributed by atoms with Crippen molar-refractivity contribution in [2.45, 2.75) is 38.7 Å². The standard InChI is InChI=1S/C11H17F2N3/c12-11(13)8-16-7-10(6-15-16)14-5-9-3-1-2-4-9/h6-7,9,11,14H,1-5,8H2. The SMILES string of the molecule is FC(F)Cn1cc(NCC2CCCC2)cn1. The zero-order chi connectivity index (χ0) is 11.4. The second-order valence-corrected chi connectivity index (χ2v) is 4.37. The Hall–Kier alpha value is -1.13. The largest absolute Gasteiger partial charge is 0.382 e. The smallest absolute Gasteiger partial charge is 0.257 e. The van der Waals surface area contributed by atoms with E-state index in [0.29, 0.717) is 0 Å². The molecule has 0 saturated heterocycles. The maximum Gasteiger partial charge on any atom is 0.257 e. The number of aromatic nitrogens is 2. The summed E-state index contributed by atoms with van der Waals surface area (Å²) < 4.78 is 25.4. The van der Waals surface area contributed by atoms with Crippen molar-refractivity contribution in [3.63, 3.8) is 0 Å². The number of alkyl halides is 2. The van der Waals surface area contributed by atoms with Crippen LogP contribution in [0.25, 0.3) is 0 Å². The summed E-state index contributed by atoms with van der Waals surface area (Å²) in [5, 5.41) is 7.13. The predicted molar refractivity (Wildman–Crippen MR) is 58.7 cm³/mol. The average Bonchev–Trinajstić information content (AvgIpc) is 2.84. The fourth-order valence-corrected chi connectivity index (χ4v) is 2.17. The van der Waals surface area contributed by atoms with Gasteiger partial charge >= 0.3 is 0 Å². The second kappa shape index (κ2) is 5.27. The van der Waals surface area contributed by atoms with Gasteiger partial charge in [0.05, 0.1) is 11.9 Å². The molecule has 0 spiro atoms. The van der Waals surface area contributed by atoms with E-state index in [0.717, 1.165) is 18.2 Å². The quantitative estimate of drug-likeness (QED) is 0.841. The highest BCUT2D eigenvalue weighted by Gasteiger charge is 2.14. The first-order valence-electron chi connectivity index (χ1n) is 5.78. The molecule has 1 fully saturated rings. The van der Waals surface area contributed by atoms with Crippen LogP contribution in [0.4, 0.5) is 14.5 Å². The molecule has 0 radical (unpaired) electrons. The normalized spacial score (nSPS) is 17.2. The number of hydrogen-bond acceptors (Lipinski definition) is 2. The lowest BCUT2D eigenvalue weighted by Gasteiger charge is -2.09. The fraction of sp³-hybridized carbons (Fsp3) is 0.727. The minimum absolute atomic E-state index is 0.328. The van der Waals surface area contributed by atoms with E-state index in [1.54, 1.807) is 12.4 Å². The molecule has 0 aromatic carbocycles. The van der Waals surface area contributed by atoms with Crippen molar-refractivity contribution in [1.29, 1.82) is 0 Å². The summed E-state index contributed by atoms with van der Waals surface area (Å²) >= 11 is 0. The van der Waals surface area contributed by atoms with Crippen LogP contribution in [0, 0.1) is 5.92 Å². The number of hydrogen-bond donors (Lipinski definition) is 1. The van der Waals surface area contributed by atoms with Crippen LogP contribution in [0.2, 0.25) is 0 Å². The van der Waals surface area contributed by atoms with Gasteiger partial charge in [-0.3, -0.25) is 4.68 Å². The first kappa shape index (κ1) is 11.4. The Morgan fingerprint density at radius 2 is 2.19 bits per heavy atom. The highest BCUT2D eigenvalue weighted by atomic mass is 19.3. The summed E-state index contributed by atoms with van der Waals surface area (Å²) in [6.07, 6.45) is 6.09. The topological polar surface area (TPSA) is 29.9 Å². The molecule has 1 saturated carbocycles. The van der Waals surface area contributed by atoms with Crippen LogP contribution < -0.4 is 5.32 Å². The number of nitrogens with one attached hydrogen (secondary N) is 1. The molecule has 1 aromatic heterocycles. The molecular formula is C11H17F2N3. The first-order chi connectivity index (χ1) is 7.74. The minimum Gasteiger partial charge on any atom is -0.382 e. The molecule has 0 amide bonds. The summed E-state index contributed by atoms with van der Waals surface area (Å²) in [6, 6.07) is 0. The molecule has 1 aromatic rings. The van der Waals surface area contributed by atoms with Crippen molar-refractivity contribution in [2.75, 3.05) is 11.9 Å². The first-order valence-corrected chi connectivity index (χ1v) is 5.78. The number of anilines is 1. The molecule has 1 aliphatic rings. The van der Waals surface area contributed by atoms with Crippen LogP contribution in [-0.4, -0.2) is 22.8 Å². The van der Waals surface area contributed by atoms with E-state index in [4.69, 9.17) is 0 Å². The van der Waals surface area contributed by atoms with Gasteiger partial charge < -0.3 is 5.32 Å². The third-order valence-electron chi connectivity index (χ3n) is 3.03. The Bertz CT molecular complexity index is 319. The van der Waals surface area contributed by atoms with Crippen molar-refractivity contribution in [2.24, 2.45) is 5.92 Å². The van der Waals surface area contributed by atoms with E-state index in [9.17, 15) is 8.78 Å². The lowest BCUT2D eigenvalue weighted by atomic mass is 10.1. The zero-order valence-electron chi connectivity index (χ0n) is 9.20. The fourth-order valence-electron chi connectivity index (χ4n) is 2.17. The average molecular weight is 229 g/mol. The molecule has 16 heavy (non-hydrogen) atoms. The van der Waals surface area contributed by atoms with Crippen LogP contribution in [-0.2, 0) is 6.54 Å².